The van der Waals surface area contributed by atoms with Crippen molar-refractivity contribution in [2.75, 3.05) is 4.72 Å². The van der Waals surface area contributed by atoms with Crippen LogP contribution in [0.25, 0.3) is 0 Å². The van der Waals surface area contributed by atoms with Gasteiger partial charge in [-0.25, -0.2) is 8.42 Å². The van der Waals surface area contributed by atoms with E-state index in [0.29, 0.717) is 8.81 Å². The van der Waals surface area contributed by atoms with E-state index in [1.165, 1.54) is 6.07 Å². The maximum atomic E-state index is 11.9. The third-order valence-corrected chi connectivity index (χ3v) is 6.14. The van der Waals surface area contributed by atoms with Crippen LogP contribution in [0.15, 0.2) is 20.1 Å². The molecule has 2 rings (SSSR count). The average Bonchev–Trinajstić information content (AvgIpc) is 2.75. The van der Waals surface area contributed by atoms with Crippen LogP contribution < -0.4 is 4.72 Å². The van der Waals surface area contributed by atoms with Gasteiger partial charge in [-0.15, -0.1) is 11.3 Å². The molecule has 0 radical (unpaired) electrons. The van der Waals surface area contributed by atoms with E-state index in [4.69, 9.17) is 11.6 Å². The van der Waals surface area contributed by atoms with Crippen molar-refractivity contribution in [3.63, 3.8) is 0 Å². The Kier molecular flexibility index (Phi) is 3.48. The number of aromatic nitrogens is 2. The molecule has 0 aliphatic carbocycles. The van der Waals surface area contributed by atoms with Crippen molar-refractivity contribution in [1.82, 2.24) is 10.2 Å². The highest BCUT2D eigenvalue weighted by Gasteiger charge is 2.19. The van der Waals surface area contributed by atoms with E-state index in [0.717, 1.165) is 17.0 Å². The molecule has 92 valence electrons. The first kappa shape index (κ1) is 12.9. The fourth-order valence-electron chi connectivity index (χ4n) is 1.12. The quantitative estimate of drug-likeness (QED) is 0.887. The van der Waals surface area contributed by atoms with Crippen molar-refractivity contribution >= 4 is 54.7 Å². The van der Waals surface area contributed by atoms with Gasteiger partial charge in [0.15, 0.2) is 5.82 Å². The number of aryl methyl sites for hydroxylation is 1. The van der Waals surface area contributed by atoms with Crippen LogP contribution in [0.5, 0.6) is 0 Å². The summed E-state index contributed by atoms with van der Waals surface area (Å²) in [5.41, 5.74) is 0.771. The minimum Gasteiger partial charge on any atom is -0.281 e. The molecule has 0 atom stereocenters. The summed E-state index contributed by atoms with van der Waals surface area (Å²) < 4.78 is 27.0. The predicted molar refractivity (Wildman–Crippen MR) is 71.2 cm³/mol. The normalized spacial score (nSPS) is 11.7. The number of aromatic amines is 1. The lowest BCUT2D eigenvalue weighted by Crippen LogP contribution is -2.11. The van der Waals surface area contributed by atoms with Gasteiger partial charge in [0.25, 0.3) is 10.0 Å². The van der Waals surface area contributed by atoms with E-state index in [2.05, 4.69) is 30.8 Å². The van der Waals surface area contributed by atoms with Crippen LogP contribution >= 0.6 is 38.9 Å². The highest BCUT2D eigenvalue weighted by molar-refractivity contribution is 9.11. The molecule has 2 aromatic rings. The number of nitrogens with zero attached hydrogens (tertiary/aromatic N) is 1. The van der Waals surface area contributed by atoms with Crippen LogP contribution in [-0.2, 0) is 10.0 Å². The number of H-pyrrole nitrogens is 1. The Hall–Kier alpha value is -0.570. The second-order valence-corrected chi connectivity index (χ2v) is 7.92. The third-order valence-electron chi connectivity index (χ3n) is 1.83. The second kappa shape index (κ2) is 4.60. The van der Waals surface area contributed by atoms with E-state index in [-0.39, 0.29) is 10.0 Å². The van der Waals surface area contributed by atoms with Gasteiger partial charge in [-0.3, -0.25) is 9.82 Å². The summed E-state index contributed by atoms with van der Waals surface area (Å²) in [4.78, 5) is 0. The number of rotatable bonds is 3. The van der Waals surface area contributed by atoms with E-state index in [1.54, 1.807) is 13.0 Å². The summed E-state index contributed by atoms with van der Waals surface area (Å²) in [6.45, 7) is 1.78. The Morgan fingerprint density at radius 1 is 1.53 bits per heavy atom. The van der Waals surface area contributed by atoms with Gasteiger partial charge in [-0.1, -0.05) is 11.6 Å². The lowest BCUT2D eigenvalue weighted by Gasteiger charge is -2.01. The maximum Gasteiger partial charge on any atom is 0.272 e. The van der Waals surface area contributed by atoms with E-state index < -0.39 is 10.0 Å². The lowest BCUT2D eigenvalue weighted by molar-refractivity contribution is 0.603. The second-order valence-electron chi connectivity index (χ2n) is 3.23. The van der Waals surface area contributed by atoms with Crippen LogP contribution in [0.1, 0.15) is 5.69 Å². The lowest BCUT2D eigenvalue weighted by atomic mass is 10.5. The van der Waals surface area contributed by atoms with Gasteiger partial charge in [0.1, 0.15) is 4.21 Å². The Labute approximate surface area is 115 Å². The summed E-state index contributed by atoms with van der Waals surface area (Å²) >= 11 is 10.0. The van der Waals surface area contributed by atoms with Gasteiger partial charge in [0.05, 0.1) is 8.81 Å². The molecule has 0 saturated carbocycles. The molecule has 0 amide bonds. The van der Waals surface area contributed by atoms with Crippen molar-refractivity contribution in [3.05, 3.63) is 26.6 Å². The van der Waals surface area contributed by atoms with Crippen molar-refractivity contribution in [1.29, 1.82) is 0 Å². The Morgan fingerprint density at radius 2 is 2.24 bits per heavy atom. The number of anilines is 1. The molecule has 0 fully saturated rings. The highest BCUT2D eigenvalue weighted by Crippen LogP contribution is 2.35. The molecule has 0 bridgehead atoms. The van der Waals surface area contributed by atoms with Crippen molar-refractivity contribution in [2.24, 2.45) is 0 Å². The maximum absolute atomic E-state index is 11.9. The number of thiophene rings is 1. The standard InChI is InChI=1S/C8H7BrClN3O2S2/c1-4-2-6(12-11-4)13-17(14,15)7-3-5(10)8(9)16-7/h2-3H,1H3,(H2,11,12,13). The first-order valence-electron chi connectivity index (χ1n) is 4.38. The fourth-order valence-corrected chi connectivity index (χ4v) is 4.51. The fraction of sp³-hybridized carbons (Fsp3) is 0.125. The molecule has 2 aromatic heterocycles. The van der Waals surface area contributed by atoms with Gasteiger partial charge < -0.3 is 0 Å². The average molecular weight is 357 g/mol. The summed E-state index contributed by atoms with van der Waals surface area (Å²) in [6, 6.07) is 2.99. The summed E-state index contributed by atoms with van der Waals surface area (Å²) in [5, 5.41) is 6.82. The molecule has 0 unspecified atom stereocenters. The van der Waals surface area contributed by atoms with Crippen LogP contribution in [-0.4, -0.2) is 18.6 Å². The zero-order valence-corrected chi connectivity index (χ0v) is 12.5. The monoisotopic (exact) mass is 355 g/mol. The summed E-state index contributed by atoms with van der Waals surface area (Å²) in [7, 11) is -3.63. The number of hydrogen-bond donors (Lipinski definition) is 2. The molecule has 0 aliphatic rings. The molecule has 0 saturated heterocycles. The van der Waals surface area contributed by atoms with Gasteiger partial charge in [-0.05, 0) is 28.9 Å². The molecule has 0 spiro atoms. The molecule has 0 aliphatic heterocycles. The SMILES string of the molecule is Cc1cc(NS(=O)(=O)c2cc(Cl)c(Br)s2)n[nH]1. The summed E-state index contributed by atoms with van der Waals surface area (Å²) in [6.07, 6.45) is 0. The smallest absolute Gasteiger partial charge is 0.272 e. The molecule has 0 aromatic carbocycles. The minimum absolute atomic E-state index is 0.134. The molecule has 2 N–H and O–H groups in total. The predicted octanol–water partition coefficient (Wildman–Crippen LogP) is 3.00. The zero-order chi connectivity index (χ0) is 12.6. The first-order valence-corrected chi connectivity index (χ1v) is 7.85. The van der Waals surface area contributed by atoms with Crippen molar-refractivity contribution in [3.8, 4) is 0 Å². The topological polar surface area (TPSA) is 74.8 Å². The largest absolute Gasteiger partial charge is 0.281 e. The highest BCUT2D eigenvalue weighted by atomic mass is 79.9. The van der Waals surface area contributed by atoms with Crippen molar-refractivity contribution in [2.45, 2.75) is 11.1 Å². The van der Waals surface area contributed by atoms with Gasteiger partial charge >= 0.3 is 0 Å². The van der Waals surface area contributed by atoms with Gasteiger partial charge in [0.2, 0.25) is 0 Å². The van der Waals surface area contributed by atoms with Gasteiger partial charge in [0, 0.05) is 11.8 Å². The zero-order valence-electron chi connectivity index (χ0n) is 8.49. The van der Waals surface area contributed by atoms with Crippen LogP contribution in [0.4, 0.5) is 5.82 Å². The Balaban J connectivity index is 2.31. The minimum atomic E-state index is -3.63. The molecule has 17 heavy (non-hydrogen) atoms. The molecular weight excluding hydrogens is 350 g/mol. The third kappa shape index (κ3) is 2.82. The van der Waals surface area contributed by atoms with Crippen molar-refractivity contribution < 1.29 is 8.42 Å². The van der Waals surface area contributed by atoms with E-state index in [1.807, 2.05) is 0 Å². The number of nitrogens with one attached hydrogen (secondary N) is 2. The van der Waals surface area contributed by atoms with E-state index >= 15 is 0 Å². The molecule has 2 heterocycles. The van der Waals surface area contributed by atoms with Crippen LogP contribution in [0.3, 0.4) is 0 Å². The first-order chi connectivity index (χ1) is 7.88. The van der Waals surface area contributed by atoms with Crippen LogP contribution in [0, 0.1) is 6.92 Å². The van der Waals surface area contributed by atoms with Gasteiger partial charge in [-0.2, -0.15) is 5.10 Å². The van der Waals surface area contributed by atoms with Crippen LogP contribution in [0.2, 0.25) is 5.02 Å². The van der Waals surface area contributed by atoms with E-state index in [9.17, 15) is 8.42 Å². The number of halogens is 2. The summed E-state index contributed by atoms with van der Waals surface area (Å²) in [5.74, 6) is 0.253. The Morgan fingerprint density at radius 3 is 2.71 bits per heavy atom. The Bertz CT molecular complexity index is 630. The molecular formula is C8H7BrClN3O2S2. The number of sulfonamides is 1. The molecule has 9 heteroatoms. The number of hydrogen-bond acceptors (Lipinski definition) is 4. The molecule has 5 nitrogen and oxygen atoms in total.